The van der Waals surface area contributed by atoms with Crippen molar-refractivity contribution >= 4 is 11.3 Å². The Hall–Kier alpha value is -0.860. The molecule has 0 aliphatic carbocycles. The molecule has 104 valence electrons. The second-order valence-corrected chi connectivity index (χ2v) is 5.89. The summed E-state index contributed by atoms with van der Waals surface area (Å²) < 4.78 is 5.73. The maximum Gasteiger partial charge on any atom is 0.0772 e. The number of nitrogens with two attached hydrogens (primary N) is 1. The van der Waals surface area contributed by atoms with Gasteiger partial charge in [0.05, 0.1) is 17.5 Å². The summed E-state index contributed by atoms with van der Waals surface area (Å²) in [6.45, 7) is 6.55. The van der Waals surface area contributed by atoms with Crippen LogP contribution in [0.5, 0.6) is 0 Å². The number of thiophene rings is 1. The fourth-order valence-electron chi connectivity index (χ4n) is 2.42. The van der Waals surface area contributed by atoms with Crippen molar-refractivity contribution in [3.8, 4) is 11.8 Å². The van der Waals surface area contributed by atoms with Crippen LogP contribution in [-0.4, -0.2) is 37.2 Å². The molecule has 2 N–H and O–H groups in total. The highest BCUT2D eigenvalue weighted by atomic mass is 32.1. The zero-order valence-corrected chi connectivity index (χ0v) is 12.3. The predicted octanol–water partition coefficient (Wildman–Crippen LogP) is 2.06. The number of hydrogen-bond acceptors (Lipinski definition) is 4. The lowest BCUT2D eigenvalue weighted by Crippen LogP contribution is -2.39. The molecule has 1 aliphatic rings. The summed E-state index contributed by atoms with van der Waals surface area (Å²) in [6, 6.07) is 4.27. The molecule has 3 nitrogen and oxygen atoms in total. The first-order valence-corrected chi connectivity index (χ1v) is 7.75. The maximum atomic E-state index is 5.73. The van der Waals surface area contributed by atoms with Gasteiger partial charge in [-0.1, -0.05) is 11.8 Å². The number of piperidine rings is 1. The van der Waals surface area contributed by atoms with Crippen LogP contribution in [-0.2, 0) is 11.3 Å². The number of ether oxygens (including phenoxy) is 1. The molecule has 19 heavy (non-hydrogen) atoms. The number of hydrogen-bond donors (Lipinski definition) is 1. The molecule has 1 aliphatic heterocycles. The van der Waals surface area contributed by atoms with E-state index in [4.69, 9.17) is 10.5 Å². The van der Waals surface area contributed by atoms with Gasteiger partial charge in [0.1, 0.15) is 0 Å². The first-order valence-electron chi connectivity index (χ1n) is 6.93. The van der Waals surface area contributed by atoms with Crippen LogP contribution in [0.3, 0.4) is 0 Å². The van der Waals surface area contributed by atoms with E-state index < -0.39 is 0 Å². The van der Waals surface area contributed by atoms with Crippen molar-refractivity contribution in [2.24, 2.45) is 5.73 Å². The van der Waals surface area contributed by atoms with Crippen LogP contribution < -0.4 is 5.73 Å². The van der Waals surface area contributed by atoms with Crippen LogP contribution in [0, 0.1) is 11.8 Å². The van der Waals surface area contributed by atoms with Gasteiger partial charge in [0.2, 0.25) is 0 Å². The van der Waals surface area contributed by atoms with E-state index in [1.54, 1.807) is 11.3 Å². The topological polar surface area (TPSA) is 38.5 Å². The quantitative estimate of drug-likeness (QED) is 0.857. The van der Waals surface area contributed by atoms with E-state index in [-0.39, 0.29) is 0 Å². The van der Waals surface area contributed by atoms with Crippen LogP contribution in [0.25, 0.3) is 0 Å². The monoisotopic (exact) mass is 278 g/mol. The average molecular weight is 278 g/mol. The van der Waals surface area contributed by atoms with Crippen molar-refractivity contribution in [2.75, 3.05) is 26.2 Å². The van der Waals surface area contributed by atoms with E-state index in [1.807, 2.05) is 0 Å². The standard InChI is InChI=1S/C15H22N2OS/c1-2-18-13-5-4-10-17(11-13)12-15-8-7-14(19-15)6-3-9-16/h7-8,13H,2,4-5,9-12,16H2,1H3. The predicted molar refractivity (Wildman–Crippen MR) is 80.2 cm³/mol. The molecule has 1 fully saturated rings. The van der Waals surface area contributed by atoms with E-state index in [0.717, 1.165) is 24.6 Å². The van der Waals surface area contributed by atoms with E-state index in [9.17, 15) is 0 Å². The lowest BCUT2D eigenvalue weighted by Gasteiger charge is -2.32. The minimum absolute atomic E-state index is 0.412. The van der Waals surface area contributed by atoms with Gasteiger partial charge >= 0.3 is 0 Å². The molecule has 0 aromatic carbocycles. The molecule has 0 amide bonds. The number of rotatable bonds is 4. The Kier molecular flexibility index (Phi) is 5.87. The molecular formula is C15H22N2OS. The Morgan fingerprint density at radius 2 is 2.42 bits per heavy atom. The normalized spacial score (nSPS) is 20.0. The van der Waals surface area contributed by atoms with Crippen molar-refractivity contribution in [3.63, 3.8) is 0 Å². The van der Waals surface area contributed by atoms with E-state index in [2.05, 4.69) is 35.8 Å². The molecule has 1 unspecified atom stereocenters. The lowest BCUT2D eigenvalue weighted by atomic mass is 10.1. The van der Waals surface area contributed by atoms with E-state index >= 15 is 0 Å². The molecule has 1 aromatic rings. The molecule has 1 saturated heterocycles. The molecule has 2 heterocycles. The molecule has 1 aromatic heterocycles. The fourth-order valence-corrected chi connectivity index (χ4v) is 3.34. The summed E-state index contributed by atoms with van der Waals surface area (Å²) in [5.41, 5.74) is 5.39. The molecule has 0 radical (unpaired) electrons. The zero-order chi connectivity index (χ0) is 13.5. The van der Waals surface area contributed by atoms with Crippen molar-refractivity contribution in [1.82, 2.24) is 4.90 Å². The molecule has 0 spiro atoms. The van der Waals surface area contributed by atoms with Crippen LogP contribution >= 0.6 is 11.3 Å². The van der Waals surface area contributed by atoms with Crippen LogP contribution in [0.15, 0.2) is 12.1 Å². The Bertz CT molecular complexity index is 444. The molecule has 0 bridgehead atoms. The maximum absolute atomic E-state index is 5.73. The number of likely N-dealkylation sites (tertiary alicyclic amines) is 1. The van der Waals surface area contributed by atoms with Crippen LogP contribution in [0.2, 0.25) is 0 Å². The minimum atomic E-state index is 0.412. The van der Waals surface area contributed by atoms with Crippen LogP contribution in [0.4, 0.5) is 0 Å². The average Bonchev–Trinajstić information content (AvgIpc) is 2.85. The van der Waals surface area contributed by atoms with Gasteiger partial charge in [-0.05, 0) is 38.4 Å². The summed E-state index contributed by atoms with van der Waals surface area (Å²) in [7, 11) is 0. The van der Waals surface area contributed by atoms with Gasteiger partial charge in [0.15, 0.2) is 0 Å². The second-order valence-electron chi connectivity index (χ2n) is 4.73. The highest BCUT2D eigenvalue weighted by Gasteiger charge is 2.20. The summed E-state index contributed by atoms with van der Waals surface area (Å²) in [5, 5.41) is 0. The first kappa shape index (κ1) is 14.5. The van der Waals surface area contributed by atoms with E-state index in [1.165, 1.54) is 24.3 Å². The highest BCUT2D eigenvalue weighted by molar-refractivity contribution is 7.12. The van der Waals surface area contributed by atoms with Crippen molar-refractivity contribution < 1.29 is 4.74 Å². The fraction of sp³-hybridized carbons (Fsp3) is 0.600. The van der Waals surface area contributed by atoms with Gasteiger partial charge in [0, 0.05) is 24.6 Å². The molecule has 0 saturated carbocycles. The Morgan fingerprint density at radius 1 is 1.53 bits per heavy atom. The van der Waals surface area contributed by atoms with Crippen molar-refractivity contribution in [2.45, 2.75) is 32.4 Å². The third kappa shape index (κ3) is 4.63. The van der Waals surface area contributed by atoms with Gasteiger partial charge in [-0.2, -0.15) is 0 Å². The van der Waals surface area contributed by atoms with Gasteiger partial charge in [-0.15, -0.1) is 11.3 Å². The third-order valence-electron chi connectivity index (χ3n) is 3.22. The number of nitrogens with zero attached hydrogens (tertiary/aromatic N) is 1. The van der Waals surface area contributed by atoms with E-state index in [0.29, 0.717) is 12.6 Å². The minimum Gasteiger partial charge on any atom is -0.377 e. The molecule has 2 rings (SSSR count). The van der Waals surface area contributed by atoms with Gasteiger partial charge in [-0.3, -0.25) is 4.90 Å². The summed E-state index contributed by atoms with van der Waals surface area (Å²) >= 11 is 1.77. The van der Waals surface area contributed by atoms with Gasteiger partial charge in [-0.25, -0.2) is 0 Å². The molecule has 1 atom stereocenters. The largest absolute Gasteiger partial charge is 0.377 e. The van der Waals surface area contributed by atoms with Gasteiger partial charge < -0.3 is 10.5 Å². The van der Waals surface area contributed by atoms with Crippen LogP contribution in [0.1, 0.15) is 29.5 Å². The van der Waals surface area contributed by atoms with Crippen molar-refractivity contribution in [1.29, 1.82) is 0 Å². The smallest absolute Gasteiger partial charge is 0.0772 e. The lowest BCUT2D eigenvalue weighted by molar-refractivity contribution is 0.00390. The summed E-state index contributed by atoms with van der Waals surface area (Å²) in [5.74, 6) is 5.99. The highest BCUT2D eigenvalue weighted by Crippen LogP contribution is 2.20. The second kappa shape index (κ2) is 7.66. The van der Waals surface area contributed by atoms with Gasteiger partial charge in [0.25, 0.3) is 0 Å². The SMILES string of the molecule is CCOC1CCCN(Cc2ccc(C#CCN)s2)C1. The third-order valence-corrected chi connectivity index (χ3v) is 4.20. The first-order chi connectivity index (χ1) is 9.31. The zero-order valence-electron chi connectivity index (χ0n) is 11.5. The Morgan fingerprint density at radius 3 is 3.21 bits per heavy atom. The molecule has 4 heteroatoms. The van der Waals surface area contributed by atoms with Crippen molar-refractivity contribution in [3.05, 3.63) is 21.9 Å². The Labute approximate surface area is 119 Å². The summed E-state index contributed by atoms with van der Waals surface area (Å²) in [6.07, 6.45) is 2.84. The Balaban J connectivity index is 1.88. The molecular weight excluding hydrogens is 256 g/mol. The summed E-state index contributed by atoms with van der Waals surface area (Å²) in [4.78, 5) is 4.97.